The lowest BCUT2D eigenvalue weighted by Gasteiger charge is -1.93. The van der Waals surface area contributed by atoms with E-state index in [-0.39, 0.29) is 5.96 Å². The predicted octanol–water partition coefficient (Wildman–Crippen LogP) is 0.538. The van der Waals surface area contributed by atoms with E-state index in [0.717, 1.165) is 5.65 Å². The summed E-state index contributed by atoms with van der Waals surface area (Å²) in [5, 5.41) is 0. The first-order valence-corrected chi connectivity index (χ1v) is 5.32. The molecule has 1 amide bonds. The van der Waals surface area contributed by atoms with E-state index in [2.05, 4.69) is 9.98 Å². The van der Waals surface area contributed by atoms with Gasteiger partial charge in [0.2, 0.25) is 0 Å². The first-order chi connectivity index (χ1) is 8.56. The summed E-state index contributed by atoms with van der Waals surface area (Å²) < 4.78 is 1.87. The molecule has 0 aliphatic rings. The van der Waals surface area contributed by atoms with Crippen LogP contribution >= 0.6 is 0 Å². The SMILES string of the molecule is C/C(=C\c1cn2ccccc2n1)C(=O)N=C(N)N. The molecule has 0 saturated carbocycles. The largest absolute Gasteiger partial charge is 0.370 e. The number of fused-ring (bicyclic) bond motifs is 1. The van der Waals surface area contributed by atoms with Crippen molar-refractivity contribution in [2.75, 3.05) is 0 Å². The van der Waals surface area contributed by atoms with Gasteiger partial charge in [0.15, 0.2) is 5.96 Å². The van der Waals surface area contributed by atoms with Gasteiger partial charge in [0.05, 0.1) is 5.69 Å². The third-order valence-electron chi connectivity index (χ3n) is 2.31. The van der Waals surface area contributed by atoms with Gasteiger partial charge in [0.1, 0.15) is 5.65 Å². The maximum Gasteiger partial charge on any atom is 0.275 e. The highest BCUT2D eigenvalue weighted by Gasteiger charge is 2.05. The number of amides is 1. The number of nitrogens with two attached hydrogens (primary N) is 2. The standard InChI is InChI=1S/C12H13N5O/c1-8(11(18)16-12(13)14)6-9-7-17-5-3-2-4-10(17)15-9/h2-7H,1H3,(H4,13,14,16,18)/b8-6+. The van der Waals surface area contributed by atoms with Crippen LogP contribution in [0.1, 0.15) is 12.6 Å². The van der Waals surface area contributed by atoms with Crippen LogP contribution in [0, 0.1) is 0 Å². The van der Waals surface area contributed by atoms with Crippen molar-refractivity contribution in [3.05, 3.63) is 41.9 Å². The van der Waals surface area contributed by atoms with Crippen LogP contribution < -0.4 is 11.5 Å². The topological polar surface area (TPSA) is 98.8 Å². The molecule has 2 rings (SSSR count). The number of imidazole rings is 1. The zero-order chi connectivity index (χ0) is 13.1. The van der Waals surface area contributed by atoms with Crippen LogP contribution in [0.25, 0.3) is 11.7 Å². The van der Waals surface area contributed by atoms with Gasteiger partial charge in [-0.3, -0.25) is 4.79 Å². The minimum absolute atomic E-state index is 0.247. The fourth-order valence-corrected chi connectivity index (χ4v) is 1.51. The van der Waals surface area contributed by atoms with Gasteiger partial charge in [-0.1, -0.05) is 6.07 Å². The minimum Gasteiger partial charge on any atom is -0.370 e. The number of carbonyl (C=O) groups is 1. The van der Waals surface area contributed by atoms with Crippen LogP contribution in [0.15, 0.2) is 41.2 Å². The molecule has 2 heterocycles. The molecule has 18 heavy (non-hydrogen) atoms. The van der Waals surface area contributed by atoms with E-state index in [1.165, 1.54) is 0 Å². The molecule has 0 spiro atoms. The Kier molecular flexibility index (Phi) is 3.09. The van der Waals surface area contributed by atoms with E-state index < -0.39 is 5.91 Å². The summed E-state index contributed by atoms with van der Waals surface area (Å²) in [6, 6.07) is 5.68. The van der Waals surface area contributed by atoms with Crippen LogP contribution in [0.3, 0.4) is 0 Å². The van der Waals surface area contributed by atoms with E-state index in [1.54, 1.807) is 13.0 Å². The molecule has 0 aliphatic heterocycles. The molecule has 0 bridgehead atoms. The predicted molar refractivity (Wildman–Crippen MR) is 69.7 cm³/mol. The van der Waals surface area contributed by atoms with Gasteiger partial charge in [-0.05, 0) is 25.1 Å². The van der Waals surface area contributed by atoms with Gasteiger partial charge in [0, 0.05) is 18.0 Å². The number of aliphatic imine (C=N–C) groups is 1. The van der Waals surface area contributed by atoms with E-state index in [9.17, 15) is 4.79 Å². The second kappa shape index (κ2) is 4.70. The summed E-state index contributed by atoms with van der Waals surface area (Å²) in [6.45, 7) is 1.64. The maximum atomic E-state index is 11.5. The third-order valence-corrected chi connectivity index (χ3v) is 2.31. The molecule has 2 aromatic heterocycles. The molecule has 0 radical (unpaired) electrons. The summed E-state index contributed by atoms with van der Waals surface area (Å²) in [5.74, 6) is -0.713. The molecule has 0 aliphatic carbocycles. The van der Waals surface area contributed by atoms with Crippen molar-refractivity contribution in [1.29, 1.82) is 0 Å². The van der Waals surface area contributed by atoms with Crippen molar-refractivity contribution in [3.63, 3.8) is 0 Å². The van der Waals surface area contributed by atoms with Gasteiger partial charge < -0.3 is 15.9 Å². The molecule has 6 nitrogen and oxygen atoms in total. The van der Waals surface area contributed by atoms with Crippen LogP contribution in [0.4, 0.5) is 0 Å². The monoisotopic (exact) mass is 243 g/mol. The molecule has 0 fully saturated rings. The van der Waals surface area contributed by atoms with Crippen LogP contribution in [-0.2, 0) is 4.79 Å². The summed E-state index contributed by atoms with van der Waals surface area (Å²) >= 11 is 0. The molecule has 92 valence electrons. The lowest BCUT2D eigenvalue weighted by molar-refractivity contribution is -0.114. The first-order valence-electron chi connectivity index (χ1n) is 5.32. The molecule has 0 unspecified atom stereocenters. The lowest BCUT2D eigenvalue weighted by Crippen LogP contribution is -2.24. The van der Waals surface area contributed by atoms with Crippen molar-refractivity contribution in [1.82, 2.24) is 9.38 Å². The average molecular weight is 243 g/mol. The molecule has 0 atom stereocenters. The Morgan fingerprint density at radius 2 is 2.22 bits per heavy atom. The maximum absolute atomic E-state index is 11.5. The number of pyridine rings is 1. The van der Waals surface area contributed by atoms with Crippen LogP contribution in [-0.4, -0.2) is 21.3 Å². The molecule has 0 aromatic carbocycles. The number of rotatable bonds is 2. The smallest absolute Gasteiger partial charge is 0.275 e. The molecule has 2 aromatic rings. The van der Waals surface area contributed by atoms with Crippen molar-refractivity contribution >= 4 is 23.6 Å². The molecule has 6 heteroatoms. The Balaban J connectivity index is 2.32. The molecule has 4 N–H and O–H groups in total. The van der Waals surface area contributed by atoms with Crippen molar-refractivity contribution < 1.29 is 4.79 Å². The summed E-state index contributed by atoms with van der Waals surface area (Å²) in [7, 11) is 0. The van der Waals surface area contributed by atoms with Gasteiger partial charge in [-0.15, -0.1) is 0 Å². The molecular weight excluding hydrogens is 230 g/mol. The van der Waals surface area contributed by atoms with Gasteiger partial charge in [-0.2, -0.15) is 4.99 Å². The fourth-order valence-electron chi connectivity index (χ4n) is 1.51. The highest BCUT2D eigenvalue weighted by molar-refractivity contribution is 6.03. The first kappa shape index (κ1) is 11.8. The molecule has 0 saturated heterocycles. The quantitative estimate of drug-likeness (QED) is 0.456. The third kappa shape index (κ3) is 2.54. The highest BCUT2D eigenvalue weighted by Crippen LogP contribution is 2.09. The Morgan fingerprint density at radius 1 is 1.44 bits per heavy atom. The van der Waals surface area contributed by atoms with Gasteiger partial charge in [0.25, 0.3) is 5.91 Å². The van der Waals surface area contributed by atoms with Gasteiger partial charge >= 0.3 is 0 Å². The van der Waals surface area contributed by atoms with E-state index in [1.807, 2.05) is 35.0 Å². The van der Waals surface area contributed by atoms with Crippen LogP contribution in [0.5, 0.6) is 0 Å². The summed E-state index contributed by atoms with van der Waals surface area (Å²) in [4.78, 5) is 19.3. The van der Waals surface area contributed by atoms with Crippen molar-refractivity contribution in [3.8, 4) is 0 Å². The Morgan fingerprint density at radius 3 is 2.89 bits per heavy atom. The van der Waals surface area contributed by atoms with Crippen molar-refractivity contribution in [2.45, 2.75) is 6.92 Å². The number of guanidine groups is 1. The zero-order valence-corrected chi connectivity index (χ0v) is 9.87. The second-order valence-electron chi connectivity index (χ2n) is 3.80. The van der Waals surface area contributed by atoms with E-state index >= 15 is 0 Å². The average Bonchev–Trinajstić information content (AvgIpc) is 2.69. The Hall–Kier alpha value is -2.63. The molecular formula is C12H13N5O. The zero-order valence-electron chi connectivity index (χ0n) is 9.87. The number of aromatic nitrogens is 2. The lowest BCUT2D eigenvalue weighted by atomic mass is 10.2. The second-order valence-corrected chi connectivity index (χ2v) is 3.80. The number of hydrogen-bond acceptors (Lipinski definition) is 2. The Labute approximate surface area is 104 Å². The highest BCUT2D eigenvalue weighted by atomic mass is 16.1. The normalized spacial score (nSPS) is 11.5. The fraction of sp³-hybridized carbons (Fsp3) is 0.0833. The number of hydrogen-bond donors (Lipinski definition) is 2. The van der Waals surface area contributed by atoms with E-state index in [0.29, 0.717) is 11.3 Å². The summed E-state index contributed by atoms with van der Waals surface area (Å²) in [6.07, 6.45) is 5.34. The number of nitrogens with zero attached hydrogens (tertiary/aromatic N) is 3. The van der Waals surface area contributed by atoms with E-state index in [4.69, 9.17) is 11.5 Å². The minimum atomic E-state index is -0.466. The van der Waals surface area contributed by atoms with Crippen molar-refractivity contribution in [2.24, 2.45) is 16.5 Å². The van der Waals surface area contributed by atoms with Gasteiger partial charge in [-0.25, -0.2) is 4.98 Å². The van der Waals surface area contributed by atoms with Crippen LogP contribution in [0.2, 0.25) is 0 Å². The Bertz CT molecular complexity index is 616. The summed E-state index contributed by atoms with van der Waals surface area (Å²) in [5.41, 5.74) is 12.2. The number of carbonyl (C=O) groups excluding carboxylic acids is 1.